The van der Waals surface area contributed by atoms with E-state index in [1.54, 1.807) is 4.31 Å². The zero-order valence-electron chi connectivity index (χ0n) is 12.0. The van der Waals surface area contributed by atoms with E-state index in [0.717, 1.165) is 11.3 Å². The number of nitrogens with zero attached hydrogens (tertiary/aromatic N) is 1. The molecule has 0 aliphatic heterocycles. The van der Waals surface area contributed by atoms with Crippen LogP contribution in [-0.2, 0) is 11.3 Å². The van der Waals surface area contributed by atoms with Gasteiger partial charge in [0.1, 0.15) is 5.75 Å². The first-order valence-corrected chi connectivity index (χ1v) is 7.64. The second-order valence-corrected chi connectivity index (χ2v) is 5.69. The van der Waals surface area contributed by atoms with E-state index in [2.05, 4.69) is 0 Å². The summed E-state index contributed by atoms with van der Waals surface area (Å²) in [4.78, 5) is 0. The van der Waals surface area contributed by atoms with Gasteiger partial charge in [-0.25, -0.2) is 0 Å². The van der Waals surface area contributed by atoms with Crippen LogP contribution in [0.2, 0.25) is 0 Å². The maximum absolute atomic E-state index is 12.3. The average Bonchev–Trinajstić information content (AvgIpc) is 2.44. The van der Waals surface area contributed by atoms with Crippen molar-refractivity contribution in [2.45, 2.75) is 20.8 Å². The van der Waals surface area contributed by atoms with Crippen LogP contribution < -0.4 is 8.49 Å². The lowest BCUT2D eigenvalue weighted by Crippen LogP contribution is -2.28. The Balaban J connectivity index is 2.13. The molecule has 0 amide bonds. The Morgan fingerprint density at radius 3 is 1.95 bits per heavy atom. The van der Waals surface area contributed by atoms with Gasteiger partial charge in [0.05, 0.1) is 5.69 Å². The largest absolute Gasteiger partial charge is 0.385 e. The summed E-state index contributed by atoms with van der Waals surface area (Å²) in [5.74, 6) is 0.611. The molecule has 0 spiro atoms. The summed E-state index contributed by atoms with van der Waals surface area (Å²) in [6, 6.07) is 15.4. The van der Waals surface area contributed by atoms with E-state index < -0.39 is 11.3 Å². The lowest BCUT2D eigenvalue weighted by atomic mass is 10.2. The molecule has 0 radical (unpaired) electrons. The van der Waals surface area contributed by atoms with Gasteiger partial charge in [0, 0.05) is 6.54 Å². The maximum Gasteiger partial charge on any atom is 0.318 e. The normalized spacial score (nSPS) is 11.9. The molecule has 0 aliphatic carbocycles. The maximum atomic E-state index is 12.3. The molecule has 2 rings (SSSR count). The van der Waals surface area contributed by atoms with Crippen molar-refractivity contribution in [1.29, 1.82) is 0 Å². The van der Waals surface area contributed by atoms with Crippen LogP contribution in [-0.4, -0.2) is 10.8 Å². The van der Waals surface area contributed by atoms with Crippen molar-refractivity contribution < 1.29 is 8.39 Å². The third-order valence-corrected chi connectivity index (χ3v) is 4.14. The Morgan fingerprint density at radius 2 is 1.45 bits per heavy atom. The van der Waals surface area contributed by atoms with Gasteiger partial charge in [0.2, 0.25) is 0 Å². The molecule has 0 saturated carbocycles. The second kappa shape index (κ2) is 6.57. The monoisotopic (exact) mass is 289 g/mol. The zero-order valence-corrected chi connectivity index (χ0v) is 12.8. The Labute approximate surface area is 123 Å². The van der Waals surface area contributed by atoms with E-state index in [9.17, 15) is 4.21 Å². The highest BCUT2D eigenvalue weighted by Gasteiger charge is 2.14. The molecule has 0 heterocycles. The van der Waals surface area contributed by atoms with Crippen LogP contribution in [0.5, 0.6) is 5.75 Å². The first kappa shape index (κ1) is 14.6. The highest BCUT2D eigenvalue weighted by Crippen LogP contribution is 2.20. The Bertz CT molecular complexity index is 578. The first-order valence-electron chi connectivity index (χ1n) is 6.61. The topological polar surface area (TPSA) is 29.5 Å². The van der Waals surface area contributed by atoms with Gasteiger partial charge in [-0.05, 0) is 45.0 Å². The molecule has 4 heteroatoms. The molecule has 0 fully saturated rings. The summed E-state index contributed by atoms with van der Waals surface area (Å²) < 4.78 is 19.6. The molecular formula is C16H19NO2S. The van der Waals surface area contributed by atoms with Crippen LogP contribution >= 0.6 is 0 Å². The quantitative estimate of drug-likeness (QED) is 0.838. The second-order valence-electron chi connectivity index (χ2n) is 4.64. The minimum Gasteiger partial charge on any atom is -0.385 e. The van der Waals surface area contributed by atoms with Crippen molar-refractivity contribution in [2.75, 3.05) is 10.8 Å². The van der Waals surface area contributed by atoms with Gasteiger partial charge in [0.15, 0.2) is 0 Å². The fourth-order valence-corrected chi connectivity index (χ4v) is 2.68. The molecule has 3 nitrogen and oxygen atoms in total. The highest BCUT2D eigenvalue weighted by atomic mass is 32.2. The van der Waals surface area contributed by atoms with Gasteiger partial charge < -0.3 is 4.18 Å². The molecule has 0 aromatic heterocycles. The van der Waals surface area contributed by atoms with Crippen molar-refractivity contribution in [3.63, 3.8) is 0 Å². The highest BCUT2D eigenvalue weighted by molar-refractivity contribution is 7.82. The molecule has 0 aliphatic rings. The standard InChI is InChI=1S/C16H19NO2S/c1-4-17(15-9-5-13(2)6-10-15)20(18)19-16-11-7-14(3)8-12-16/h5-12H,4H2,1-3H3. The van der Waals surface area contributed by atoms with Crippen LogP contribution in [0.4, 0.5) is 5.69 Å². The van der Waals surface area contributed by atoms with E-state index in [0.29, 0.717) is 12.3 Å². The van der Waals surface area contributed by atoms with Gasteiger partial charge in [0.25, 0.3) is 0 Å². The van der Waals surface area contributed by atoms with Crippen LogP contribution in [0.15, 0.2) is 48.5 Å². The molecule has 0 saturated heterocycles. The van der Waals surface area contributed by atoms with Gasteiger partial charge in [-0.2, -0.15) is 4.21 Å². The SMILES string of the molecule is CCN(c1ccc(C)cc1)S(=O)Oc1ccc(C)cc1. The summed E-state index contributed by atoms with van der Waals surface area (Å²) in [5, 5.41) is 0. The molecule has 1 atom stereocenters. The molecule has 1 unspecified atom stereocenters. The van der Waals surface area contributed by atoms with Crippen LogP contribution in [0.3, 0.4) is 0 Å². The Hall–Kier alpha value is -1.81. The lowest BCUT2D eigenvalue weighted by molar-refractivity contribution is 0.558. The third kappa shape index (κ3) is 3.61. The molecule has 2 aromatic carbocycles. The van der Waals surface area contributed by atoms with E-state index >= 15 is 0 Å². The number of hydrogen-bond acceptors (Lipinski definition) is 2. The van der Waals surface area contributed by atoms with Crippen LogP contribution in [0.1, 0.15) is 18.1 Å². The Kier molecular flexibility index (Phi) is 4.79. The van der Waals surface area contributed by atoms with E-state index in [1.165, 1.54) is 5.56 Å². The molecule has 106 valence electrons. The fraction of sp³-hybridized carbons (Fsp3) is 0.250. The van der Waals surface area contributed by atoms with Gasteiger partial charge in [-0.1, -0.05) is 35.4 Å². The van der Waals surface area contributed by atoms with Crippen molar-refractivity contribution in [1.82, 2.24) is 0 Å². The fourth-order valence-electron chi connectivity index (χ4n) is 1.81. The summed E-state index contributed by atoms with van der Waals surface area (Å²) in [7, 11) is 0. The summed E-state index contributed by atoms with van der Waals surface area (Å²) in [6.07, 6.45) is 0. The van der Waals surface area contributed by atoms with Gasteiger partial charge in [-0.15, -0.1) is 0 Å². The molecule has 2 aromatic rings. The van der Waals surface area contributed by atoms with Crippen molar-refractivity contribution in [3.8, 4) is 5.75 Å². The Morgan fingerprint density at radius 1 is 0.950 bits per heavy atom. The minimum atomic E-state index is -1.54. The van der Waals surface area contributed by atoms with Gasteiger partial charge in [-0.3, -0.25) is 4.31 Å². The predicted molar refractivity (Wildman–Crippen MR) is 84.1 cm³/mol. The van der Waals surface area contributed by atoms with Crippen LogP contribution in [0, 0.1) is 13.8 Å². The number of rotatable bonds is 5. The number of hydrogen-bond donors (Lipinski definition) is 0. The van der Waals surface area contributed by atoms with Crippen molar-refractivity contribution >= 4 is 17.0 Å². The summed E-state index contributed by atoms with van der Waals surface area (Å²) in [5.41, 5.74) is 3.22. The third-order valence-electron chi connectivity index (χ3n) is 2.98. The minimum absolute atomic E-state index is 0.611. The lowest BCUT2D eigenvalue weighted by Gasteiger charge is -2.20. The molecular weight excluding hydrogens is 270 g/mol. The molecule has 0 bridgehead atoms. The van der Waals surface area contributed by atoms with E-state index in [-0.39, 0.29) is 0 Å². The molecule has 20 heavy (non-hydrogen) atoms. The average molecular weight is 289 g/mol. The summed E-state index contributed by atoms with van der Waals surface area (Å²) >= 11 is -1.54. The van der Waals surface area contributed by atoms with E-state index in [4.69, 9.17) is 4.18 Å². The number of aryl methyl sites for hydroxylation is 2. The van der Waals surface area contributed by atoms with Crippen molar-refractivity contribution in [2.24, 2.45) is 0 Å². The van der Waals surface area contributed by atoms with E-state index in [1.807, 2.05) is 69.3 Å². The van der Waals surface area contributed by atoms with Crippen molar-refractivity contribution in [3.05, 3.63) is 59.7 Å². The smallest absolute Gasteiger partial charge is 0.318 e. The summed E-state index contributed by atoms with van der Waals surface area (Å²) in [6.45, 7) is 6.60. The first-order chi connectivity index (χ1) is 9.60. The van der Waals surface area contributed by atoms with Gasteiger partial charge >= 0.3 is 11.3 Å². The molecule has 0 N–H and O–H groups in total. The zero-order chi connectivity index (χ0) is 14.5. The predicted octanol–water partition coefficient (Wildman–Crippen LogP) is 3.79. The van der Waals surface area contributed by atoms with Crippen LogP contribution in [0.25, 0.3) is 0 Å². The number of benzene rings is 2. The number of anilines is 1.